The molecule has 450 valence electrons. The summed E-state index contributed by atoms with van der Waals surface area (Å²) in [5.74, 6) is -0.0205. The maximum Gasteiger partial charge on any atom is 0.305 e. The first-order chi connectivity index (χ1) is 37.5. The second-order valence-corrected chi connectivity index (χ2v) is 23.9. The van der Waals surface area contributed by atoms with Crippen molar-refractivity contribution in [3.8, 4) is 0 Å². The number of allylic oxidation sites excluding steroid dienone is 4. The van der Waals surface area contributed by atoms with Crippen molar-refractivity contribution in [2.45, 2.75) is 398 Å². The molecule has 76 heavy (non-hydrogen) atoms. The Labute approximate surface area is 475 Å². The summed E-state index contributed by atoms with van der Waals surface area (Å²) in [6.07, 6.45) is 82.3. The summed E-state index contributed by atoms with van der Waals surface area (Å²) in [6, 6.07) is -0.538. The third-order valence-electron chi connectivity index (χ3n) is 16.2. The first-order valence-corrected chi connectivity index (χ1v) is 34.6. The van der Waals surface area contributed by atoms with E-state index in [0.29, 0.717) is 25.9 Å². The third-order valence-corrected chi connectivity index (χ3v) is 16.2. The second-order valence-electron chi connectivity index (χ2n) is 23.9. The highest BCUT2D eigenvalue weighted by molar-refractivity contribution is 5.76. The highest BCUT2D eigenvalue weighted by Gasteiger charge is 2.20. The minimum absolute atomic E-state index is 0.00895. The molecule has 6 nitrogen and oxygen atoms in total. The number of carbonyl (C=O) groups excluding carboxylic acids is 2. The molecule has 0 aromatic carbocycles. The van der Waals surface area contributed by atoms with Gasteiger partial charge in [0.15, 0.2) is 0 Å². The molecule has 0 aliphatic heterocycles. The molecule has 0 radical (unpaired) electrons. The van der Waals surface area contributed by atoms with E-state index in [1.807, 2.05) is 0 Å². The minimum Gasteiger partial charge on any atom is -0.466 e. The van der Waals surface area contributed by atoms with E-state index in [1.54, 1.807) is 0 Å². The molecule has 0 heterocycles. The lowest BCUT2D eigenvalue weighted by Gasteiger charge is -2.22. The Kier molecular flexibility index (Phi) is 64.4. The largest absolute Gasteiger partial charge is 0.466 e. The molecular formula is C70H135NO5. The lowest BCUT2D eigenvalue weighted by Crippen LogP contribution is -2.45. The van der Waals surface area contributed by atoms with Crippen LogP contribution in [0.2, 0.25) is 0 Å². The highest BCUT2D eigenvalue weighted by atomic mass is 16.5. The van der Waals surface area contributed by atoms with Gasteiger partial charge >= 0.3 is 5.97 Å². The average molecular weight is 1070 g/mol. The van der Waals surface area contributed by atoms with Gasteiger partial charge in [0, 0.05) is 12.8 Å². The normalized spacial score (nSPS) is 12.6. The van der Waals surface area contributed by atoms with E-state index >= 15 is 0 Å². The second kappa shape index (κ2) is 65.9. The summed E-state index contributed by atoms with van der Waals surface area (Å²) >= 11 is 0. The summed E-state index contributed by atoms with van der Waals surface area (Å²) in [6.45, 7) is 4.95. The van der Waals surface area contributed by atoms with Crippen LogP contribution in [0, 0.1) is 0 Å². The molecule has 2 atom stereocenters. The van der Waals surface area contributed by atoms with Gasteiger partial charge in [-0.25, -0.2) is 0 Å². The Balaban J connectivity index is 3.34. The smallest absolute Gasteiger partial charge is 0.305 e. The van der Waals surface area contributed by atoms with Crippen LogP contribution in [-0.2, 0) is 14.3 Å². The molecular weight excluding hydrogens is 935 g/mol. The predicted molar refractivity (Wildman–Crippen MR) is 333 cm³/mol. The van der Waals surface area contributed by atoms with Crippen LogP contribution in [0.1, 0.15) is 386 Å². The van der Waals surface area contributed by atoms with E-state index in [4.69, 9.17) is 4.74 Å². The van der Waals surface area contributed by atoms with E-state index in [2.05, 4.69) is 43.5 Å². The fourth-order valence-corrected chi connectivity index (χ4v) is 10.9. The van der Waals surface area contributed by atoms with Crippen molar-refractivity contribution in [2.75, 3.05) is 13.2 Å². The number of hydrogen-bond acceptors (Lipinski definition) is 5. The van der Waals surface area contributed by atoms with Gasteiger partial charge in [-0.15, -0.1) is 0 Å². The predicted octanol–water partition coefficient (Wildman–Crippen LogP) is 22.1. The molecule has 0 bridgehead atoms. The van der Waals surface area contributed by atoms with Crippen LogP contribution >= 0.6 is 0 Å². The van der Waals surface area contributed by atoms with Crippen molar-refractivity contribution in [1.29, 1.82) is 0 Å². The number of ether oxygens (including phenoxy) is 1. The summed E-state index contributed by atoms with van der Waals surface area (Å²) in [4.78, 5) is 24.5. The summed E-state index contributed by atoms with van der Waals surface area (Å²) in [7, 11) is 0. The van der Waals surface area contributed by atoms with E-state index in [-0.39, 0.29) is 18.5 Å². The minimum atomic E-state index is -0.661. The van der Waals surface area contributed by atoms with E-state index in [9.17, 15) is 19.8 Å². The number of aliphatic hydroxyl groups excluding tert-OH is 2. The number of esters is 1. The van der Waals surface area contributed by atoms with E-state index in [0.717, 1.165) is 44.9 Å². The Bertz CT molecular complexity index is 1190. The van der Waals surface area contributed by atoms with Gasteiger partial charge in [-0.3, -0.25) is 9.59 Å². The van der Waals surface area contributed by atoms with Crippen molar-refractivity contribution in [1.82, 2.24) is 5.32 Å². The van der Waals surface area contributed by atoms with Gasteiger partial charge in [-0.1, -0.05) is 321 Å². The van der Waals surface area contributed by atoms with Crippen LogP contribution in [0.4, 0.5) is 0 Å². The van der Waals surface area contributed by atoms with Crippen molar-refractivity contribution >= 4 is 11.9 Å². The van der Waals surface area contributed by atoms with Crippen molar-refractivity contribution < 1.29 is 24.5 Å². The molecule has 0 saturated carbocycles. The number of hydrogen-bond donors (Lipinski definition) is 3. The zero-order chi connectivity index (χ0) is 55.0. The van der Waals surface area contributed by atoms with Crippen LogP contribution in [0.25, 0.3) is 0 Å². The van der Waals surface area contributed by atoms with Gasteiger partial charge in [0.25, 0.3) is 0 Å². The zero-order valence-corrected chi connectivity index (χ0v) is 51.5. The summed E-state index contributed by atoms with van der Waals surface area (Å²) in [5, 5.41) is 23.3. The maximum absolute atomic E-state index is 12.5. The van der Waals surface area contributed by atoms with Gasteiger partial charge in [0.1, 0.15) is 0 Å². The Morgan fingerprint density at radius 2 is 0.618 bits per heavy atom. The van der Waals surface area contributed by atoms with E-state index < -0.39 is 12.1 Å². The third kappa shape index (κ3) is 61.6. The van der Waals surface area contributed by atoms with Gasteiger partial charge in [0.05, 0.1) is 25.4 Å². The molecule has 0 spiro atoms. The Morgan fingerprint density at radius 1 is 0.355 bits per heavy atom. The van der Waals surface area contributed by atoms with Gasteiger partial charge in [-0.2, -0.15) is 0 Å². The number of aliphatic hydroxyl groups is 2. The van der Waals surface area contributed by atoms with Crippen LogP contribution in [0.15, 0.2) is 24.3 Å². The monoisotopic (exact) mass is 1070 g/mol. The molecule has 6 heteroatoms. The van der Waals surface area contributed by atoms with Crippen molar-refractivity contribution in [2.24, 2.45) is 0 Å². The first kappa shape index (κ1) is 74.3. The molecule has 3 N–H and O–H groups in total. The molecule has 0 aromatic rings. The SMILES string of the molecule is CCCCC/C=C\CCCCCCCC(=O)OCCCCCCCCCCCCCC/C=C\CCCCCCCCCCCCCCCCCCCC(=O)NC(CO)C(O)CCCCCCCCCCCCCCCC. The van der Waals surface area contributed by atoms with Crippen LogP contribution < -0.4 is 5.32 Å². The highest BCUT2D eigenvalue weighted by Crippen LogP contribution is 2.19. The van der Waals surface area contributed by atoms with Crippen LogP contribution in [-0.4, -0.2) is 47.4 Å². The van der Waals surface area contributed by atoms with Crippen LogP contribution in [0.3, 0.4) is 0 Å². The molecule has 0 aliphatic rings. The molecule has 0 saturated heterocycles. The Hall–Kier alpha value is -1.66. The summed E-state index contributed by atoms with van der Waals surface area (Å²) < 4.78 is 5.47. The molecule has 1 amide bonds. The molecule has 0 fully saturated rings. The van der Waals surface area contributed by atoms with Gasteiger partial charge in [0.2, 0.25) is 5.91 Å². The molecule has 2 unspecified atom stereocenters. The Morgan fingerprint density at radius 3 is 0.961 bits per heavy atom. The number of amides is 1. The number of rotatable bonds is 65. The number of nitrogens with one attached hydrogen (secondary N) is 1. The average Bonchev–Trinajstić information content (AvgIpc) is 3.42. The molecule has 0 aliphatic carbocycles. The topological polar surface area (TPSA) is 95.9 Å². The quantitative estimate of drug-likeness (QED) is 0.0320. The number of unbranched alkanes of at least 4 members (excludes halogenated alkanes) is 50. The standard InChI is InChI=1S/C70H135NO5/c1-3-5-7-9-11-13-15-17-39-42-46-50-54-58-62-68(73)67(66-72)71-69(74)63-59-55-51-47-43-40-37-35-33-31-29-27-25-23-21-19-18-20-22-24-26-28-30-32-34-36-38-41-45-49-53-57-61-65-76-70(75)64-60-56-52-48-44-16-14-12-10-8-6-4-2/h12,14,22,24,67-68,72-73H,3-11,13,15-21,23,25-66H2,1-2H3,(H,71,74)/b14-12-,24-22-. The number of carbonyl (C=O) groups is 2. The molecule has 0 rings (SSSR count). The van der Waals surface area contributed by atoms with E-state index in [1.165, 1.54) is 308 Å². The van der Waals surface area contributed by atoms with Crippen molar-refractivity contribution in [3.05, 3.63) is 24.3 Å². The fraction of sp³-hybridized carbons (Fsp3) is 0.914. The van der Waals surface area contributed by atoms with Gasteiger partial charge < -0.3 is 20.3 Å². The summed E-state index contributed by atoms with van der Waals surface area (Å²) in [5.41, 5.74) is 0. The van der Waals surface area contributed by atoms with Crippen molar-refractivity contribution in [3.63, 3.8) is 0 Å². The lowest BCUT2D eigenvalue weighted by molar-refractivity contribution is -0.143. The lowest BCUT2D eigenvalue weighted by atomic mass is 10.0. The molecule has 0 aromatic heterocycles. The van der Waals surface area contributed by atoms with Crippen LogP contribution in [0.5, 0.6) is 0 Å². The fourth-order valence-electron chi connectivity index (χ4n) is 10.9. The zero-order valence-electron chi connectivity index (χ0n) is 51.5. The van der Waals surface area contributed by atoms with Gasteiger partial charge in [-0.05, 0) is 77.0 Å². The first-order valence-electron chi connectivity index (χ1n) is 34.6. The maximum atomic E-state index is 12.5.